The van der Waals surface area contributed by atoms with Gasteiger partial charge >= 0.3 is 5.97 Å². The highest BCUT2D eigenvalue weighted by Crippen LogP contribution is 2.08. The molecule has 0 amide bonds. The van der Waals surface area contributed by atoms with Crippen molar-refractivity contribution in [3.63, 3.8) is 0 Å². The Balaban J connectivity index is 2.01. The fraction of sp³-hybridized carbons (Fsp3) is 0.588. The third-order valence-corrected chi connectivity index (χ3v) is 3.25. The summed E-state index contributed by atoms with van der Waals surface area (Å²) in [6, 6.07) is 7.97. The molecule has 3 heteroatoms. The van der Waals surface area contributed by atoms with Gasteiger partial charge in [0.2, 0.25) is 0 Å². The highest BCUT2D eigenvalue weighted by Gasteiger charge is 2.02. The first kappa shape index (κ1) is 16.5. The predicted molar refractivity (Wildman–Crippen MR) is 84.0 cm³/mol. The molecule has 0 spiro atoms. The average Bonchev–Trinajstić information content (AvgIpc) is 2.46. The number of hydrogen-bond acceptors (Lipinski definition) is 3. The molecule has 0 aliphatic carbocycles. The van der Waals surface area contributed by atoms with E-state index >= 15 is 0 Å². The highest BCUT2D eigenvalue weighted by molar-refractivity contribution is 5.74. The molecule has 1 aromatic rings. The van der Waals surface area contributed by atoms with Crippen LogP contribution in [0.15, 0.2) is 24.3 Å². The van der Waals surface area contributed by atoms with Crippen molar-refractivity contribution in [1.29, 1.82) is 0 Å². The topological polar surface area (TPSA) is 38.3 Å². The van der Waals surface area contributed by atoms with Crippen molar-refractivity contribution in [2.24, 2.45) is 0 Å². The van der Waals surface area contributed by atoms with Crippen molar-refractivity contribution < 1.29 is 9.53 Å². The van der Waals surface area contributed by atoms with E-state index in [0.717, 1.165) is 18.5 Å². The molecule has 0 bridgehead atoms. The van der Waals surface area contributed by atoms with Gasteiger partial charge in [-0.2, -0.15) is 0 Å². The molecule has 0 radical (unpaired) electrons. The minimum Gasteiger partial charge on any atom is -0.464 e. The van der Waals surface area contributed by atoms with Crippen LogP contribution in [0.1, 0.15) is 51.0 Å². The summed E-state index contributed by atoms with van der Waals surface area (Å²) in [5, 5.41) is 3.07. The SMILES string of the molecule is CCCCCCCCOC(=O)CNc1ccc(C)cc1. The lowest BCUT2D eigenvalue weighted by Gasteiger charge is -2.07. The summed E-state index contributed by atoms with van der Waals surface area (Å²) in [6.07, 6.45) is 7.23. The molecule has 20 heavy (non-hydrogen) atoms. The maximum atomic E-state index is 11.5. The summed E-state index contributed by atoms with van der Waals surface area (Å²) in [5.74, 6) is -0.181. The summed E-state index contributed by atoms with van der Waals surface area (Å²) in [7, 11) is 0. The number of aryl methyl sites for hydroxylation is 1. The summed E-state index contributed by atoms with van der Waals surface area (Å²) in [6.45, 7) is 5.03. The number of rotatable bonds is 10. The fourth-order valence-corrected chi connectivity index (χ4v) is 1.97. The summed E-state index contributed by atoms with van der Waals surface area (Å²) in [4.78, 5) is 11.5. The molecule has 1 N–H and O–H groups in total. The van der Waals surface area contributed by atoms with Gasteiger partial charge in [-0.05, 0) is 25.5 Å². The Morgan fingerprint density at radius 2 is 1.70 bits per heavy atom. The first-order valence-corrected chi connectivity index (χ1v) is 7.68. The molecule has 0 heterocycles. The summed E-state index contributed by atoms with van der Waals surface area (Å²) < 4.78 is 5.19. The highest BCUT2D eigenvalue weighted by atomic mass is 16.5. The number of ether oxygens (including phenoxy) is 1. The van der Waals surface area contributed by atoms with Gasteiger partial charge in [-0.3, -0.25) is 4.79 Å². The minimum atomic E-state index is -0.181. The molecule has 0 saturated heterocycles. The Kier molecular flexibility index (Phi) is 8.52. The molecule has 1 rings (SSSR count). The number of unbranched alkanes of at least 4 members (excludes halogenated alkanes) is 5. The number of nitrogens with one attached hydrogen (secondary N) is 1. The Morgan fingerprint density at radius 1 is 1.05 bits per heavy atom. The fourth-order valence-electron chi connectivity index (χ4n) is 1.97. The lowest BCUT2D eigenvalue weighted by Crippen LogP contribution is -2.17. The maximum Gasteiger partial charge on any atom is 0.325 e. The third kappa shape index (κ3) is 7.82. The van der Waals surface area contributed by atoms with Crippen LogP contribution < -0.4 is 5.32 Å². The van der Waals surface area contributed by atoms with Crippen molar-refractivity contribution in [3.05, 3.63) is 29.8 Å². The van der Waals surface area contributed by atoms with E-state index in [9.17, 15) is 4.79 Å². The van der Waals surface area contributed by atoms with E-state index in [1.807, 2.05) is 31.2 Å². The number of hydrogen-bond donors (Lipinski definition) is 1. The Morgan fingerprint density at radius 3 is 2.40 bits per heavy atom. The lowest BCUT2D eigenvalue weighted by atomic mass is 10.1. The Bertz CT molecular complexity index is 373. The zero-order valence-corrected chi connectivity index (χ0v) is 12.8. The molecule has 0 fully saturated rings. The van der Waals surface area contributed by atoms with E-state index < -0.39 is 0 Å². The molecular weight excluding hydrogens is 250 g/mol. The molecular formula is C17H27NO2. The largest absolute Gasteiger partial charge is 0.464 e. The molecule has 0 aliphatic rings. The molecule has 0 unspecified atom stereocenters. The van der Waals surface area contributed by atoms with E-state index in [1.165, 1.54) is 31.2 Å². The van der Waals surface area contributed by atoms with Crippen molar-refractivity contribution in [2.45, 2.75) is 52.4 Å². The van der Waals surface area contributed by atoms with Gasteiger partial charge in [-0.1, -0.05) is 56.7 Å². The second-order valence-electron chi connectivity index (χ2n) is 5.21. The molecule has 0 saturated carbocycles. The monoisotopic (exact) mass is 277 g/mol. The van der Waals surface area contributed by atoms with Crippen LogP contribution in [0.25, 0.3) is 0 Å². The first-order valence-electron chi connectivity index (χ1n) is 7.68. The van der Waals surface area contributed by atoms with Crippen LogP contribution in [-0.4, -0.2) is 19.1 Å². The second-order valence-corrected chi connectivity index (χ2v) is 5.21. The lowest BCUT2D eigenvalue weighted by molar-refractivity contribution is -0.141. The van der Waals surface area contributed by atoms with Crippen LogP contribution in [-0.2, 0) is 9.53 Å². The van der Waals surface area contributed by atoms with Gasteiger partial charge in [0.1, 0.15) is 6.54 Å². The molecule has 0 atom stereocenters. The van der Waals surface area contributed by atoms with E-state index in [4.69, 9.17) is 4.74 Å². The zero-order chi connectivity index (χ0) is 14.6. The average molecular weight is 277 g/mol. The number of carbonyl (C=O) groups is 1. The number of anilines is 1. The van der Waals surface area contributed by atoms with Gasteiger partial charge < -0.3 is 10.1 Å². The standard InChI is InChI=1S/C17H27NO2/c1-3-4-5-6-7-8-13-20-17(19)14-18-16-11-9-15(2)10-12-16/h9-12,18H,3-8,13-14H2,1-2H3. The van der Waals surface area contributed by atoms with Crippen LogP contribution in [0.2, 0.25) is 0 Å². The Hall–Kier alpha value is -1.51. The third-order valence-electron chi connectivity index (χ3n) is 3.25. The molecule has 0 aliphatic heterocycles. The smallest absolute Gasteiger partial charge is 0.325 e. The van der Waals surface area contributed by atoms with Crippen LogP contribution in [0.3, 0.4) is 0 Å². The van der Waals surface area contributed by atoms with Gasteiger partial charge in [0, 0.05) is 5.69 Å². The van der Waals surface area contributed by atoms with E-state index in [2.05, 4.69) is 12.2 Å². The number of esters is 1. The van der Waals surface area contributed by atoms with Crippen molar-refractivity contribution in [2.75, 3.05) is 18.5 Å². The van der Waals surface area contributed by atoms with Crippen molar-refractivity contribution >= 4 is 11.7 Å². The van der Waals surface area contributed by atoms with Crippen LogP contribution >= 0.6 is 0 Å². The van der Waals surface area contributed by atoms with Crippen LogP contribution in [0.4, 0.5) is 5.69 Å². The summed E-state index contributed by atoms with van der Waals surface area (Å²) in [5.41, 5.74) is 2.16. The second kappa shape index (κ2) is 10.3. The van der Waals surface area contributed by atoms with E-state index in [0.29, 0.717) is 6.61 Å². The van der Waals surface area contributed by atoms with Gasteiger partial charge in [0.15, 0.2) is 0 Å². The van der Waals surface area contributed by atoms with Crippen LogP contribution in [0, 0.1) is 6.92 Å². The summed E-state index contributed by atoms with van der Waals surface area (Å²) >= 11 is 0. The quantitative estimate of drug-likeness (QED) is 0.511. The number of carbonyl (C=O) groups excluding carboxylic acids is 1. The predicted octanol–water partition coefficient (Wildman–Crippen LogP) is 4.31. The Labute approximate surface area is 122 Å². The maximum absolute atomic E-state index is 11.5. The molecule has 0 aromatic heterocycles. The van der Waals surface area contributed by atoms with Gasteiger partial charge in [0.25, 0.3) is 0 Å². The van der Waals surface area contributed by atoms with Crippen LogP contribution in [0.5, 0.6) is 0 Å². The normalized spacial score (nSPS) is 10.3. The van der Waals surface area contributed by atoms with E-state index in [1.54, 1.807) is 0 Å². The molecule has 112 valence electrons. The van der Waals surface area contributed by atoms with Crippen molar-refractivity contribution in [3.8, 4) is 0 Å². The van der Waals surface area contributed by atoms with Gasteiger partial charge in [-0.25, -0.2) is 0 Å². The molecule has 3 nitrogen and oxygen atoms in total. The van der Waals surface area contributed by atoms with E-state index in [-0.39, 0.29) is 12.5 Å². The number of benzene rings is 1. The first-order chi connectivity index (χ1) is 9.72. The van der Waals surface area contributed by atoms with Gasteiger partial charge in [-0.15, -0.1) is 0 Å². The zero-order valence-electron chi connectivity index (χ0n) is 12.8. The van der Waals surface area contributed by atoms with Gasteiger partial charge in [0.05, 0.1) is 6.61 Å². The minimum absolute atomic E-state index is 0.181. The molecule has 1 aromatic carbocycles. The van der Waals surface area contributed by atoms with Crippen molar-refractivity contribution in [1.82, 2.24) is 0 Å².